The van der Waals surface area contributed by atoms with Crippen molar-refractivity contribution in [3.8, 4) is 11.5 Å². The molecule has 2 heterocycles. The molecule has 0 radical (unpaired) electrons. The zero-order valence-corrected chi connectivity index (χ0v) is 15.8. The maximum atomic E-state index is 12.4. The van der Waals surface area contributed by atoms with E-state index in [-0.39, 0.29) is 36.5 Å². The summed E-state index contributed by atoms with van der Waals surface area (Å²) in [6.07, 6.45) is 0.270. The Hall–Kier alpha value is -2.29. The molecule has 0 aliphatic carbocycles. The molecule has 2 aliphatic rings. The van der Waals surface area contributed by atoms with E-state index in [9.17, 15) is 13.2 Å². The third-order valence-electron chi connectivity index (χ3n) is 4.54. The topological polar surface area (TPSA) is 84.9 Å². The fourth-order valence-electron chi connectivity index (χ4n) is 3.17. The minimum Gasteiger partial charge on any atom is -0.454 e. The highest BCUT2D eigenvalue weighted by atomic mass is 35.5. The van der Waals surface area contributed by atoms with Crippen molar-refractivity contribution in [2.75, 3.05) is 24.8 Å². The molecule has 1 fully saturated rings. The molecule has 2 aliphatic heterocycles. The van der Waals surface area contributed by atoms with E-state index >= 15 is 0 Å². The number of fused-ring (bicyclic) bond motifs is 1. The van der Waals surface area contributed by atoms with Gasteiger partial charge in [0, 0.05) is 36.3 Å². The van der Waals surface area contributed by atoms with Gasteiger partial charge in [0.25, 0.3) is 0 Å². The zero-order chi connectivity index (χ0) is 19.0. The van der Waals surface area contributed by atoms with Gasteiger partial charge < -0.3 is 14.4 Å². The fraction of sp³-hybridized carbons (Fsp3) is 0.278. The molecule has 0 aromatic heterocycles. The van der Waals surface area contributed by atoms with Gasteiger partial charge in [0.05, 0.1) is 4.90 Å². The minimum atomic E-state index is -3.68. The molecule has 2 aromatic rings. The van der Waals surface area contributed by atoms with E-state index in [0.717, 1.165) is 0 Å². The first-order chi connectivity index (χ1) is 12.9. The summed E-state index contributed by atoms with van der Waals surface area (Å²) in [4.78, 5) is 14.1. The summed E-state index contributed by atoms with van der Waals surface area (Å²) >= 11 is 5.86. The maximum absolute atomic E-state index is 12.4. The van der Waals surface area contributed by atoms with E-state index < -0.39 is 10.0 Å². The first-order valence-electron chi connectivity index (χ1n) is 8.37. The second-order valence-corrected chi connectivity index (χ2v) is 8.62. The highest BCUT2D eigenvalue weighted by molar-refractivity contribution is 7.89. The maximum Gasteiger partial charge on any atom is 0.240 e. The number of nitrogens with zero attached hydrogens (tertiary/aromatic N) is 1. The molecule has 1 atom stereocenters. The molecule has 0 unspecified atom stereocenters. The van der Waals surface area contributed by atoms with E-state index in [1.54, 1.807) is 35.2 Å². The smallest absolute Gasteiger partial charge is 0.240 e. The molecule has 1 N–H and O–H groups in total. The van der Waals surface area contributed by atoms with Crippen LogP contribution in [0, 0.1) is 5.92 Å². The Morgan fingerprint density at radius 2 is 1.96 bits per heavy atom. The van der Waals surface area contributed by atoms with Gasteiger partial charge >= 0.3 is 0 Å². The van der Waals surface area contributed by atoms with Crippen LogP contribution in [0.15, 0.2) is 47.4 Å². The van der Waals surface area contributed by atoms with Crippen molar-refractivity contribution in [3.63, 3.8) is 0 Å². The largest absolute Gasteiger partial charge is 0.454 e. The predicted octanol–water partition coefficient (Wildman–Crippen LogP) is 2.40. The number of sulfonamides is 1. The third kappa shape index (κ3) is 3.73. The summed E-state index contributed by atoms with van der Waals surface area (Å²) < 4.78 is 38.0. The molecular weight excluding hydrogens is 392 g/mol. The lowest BCUT2D eigenvalue weighted by molar-refractivity contribution is -0.117. The Labute approximate surface area is 161 Å². The number of carbonyl (C=O) groups is 1. The van der Waals surface area contributed by atoms with Crippen molar-refractivity contribution >= 4 is 33.2 Å². The summed E-state index contributed by atoms with van der Waals surface area (Å²) in [6, 6.07) is 11.4. The van der Waals surface area contributed by atoms with Crippen molar-refractivity contribution in [3.05, 3.63) is 47.5 Å². The van der Waals surface area contributed by atoms with Crippen molar-refractivity contribution in [1.82, 2.24) is 4.72 Å². The Kier molecular flexibility index (Phi) is 4.71. The monoisotopic (exact) mass is 408 g/mol. The summed E-state index contributed by atoms with van der Waals surface area (Å²) in [6.45, 7) is 0.763. The highest BCUT2D eigenvalue weighted by Crippen LogP contribution is 2.37. The number of halogens is 1. The molecule has 0 spiro atoms. The van der Waals surface area contributed by atoms with E-state index in [2.05, 4.69) is 4.72 Å². The van der Waals surface area contributed by atoms with Crippen LogP contribution in [0.25, 0.3) is 0 Å². The first kappa shape index (κ1) is 18.1. The predicted molar refractivity (Wildman–Crippen MR) is 99.7 cm³/mol. The van der Waals surface area contributed by atoms with Crippen molar-refractivity contribution in [2.24, 2.45) is 5.92 Å². The van der Waals surface area contributed by atoms with Gasteiger partial charge in [-0.3, -0.25) is 4.79 Å². The van der Waals surface area contributed by atoms with Crippen LogP contribution in [0.3, 0.4) is 0 Å². The number of hydrogen-bond acceptors (Lipinski definition) is 5. The Morgan fingerprint density at radius 3 is 2.78 bits per heavy atom. The van der Waals surface area contributed by atoms with E-state index in [1.165, 1.54) is 12.1 Å². The molecule has 27 heavy (non-hydrogen) atoms. The summed E-state index contributed by atoms with van der Waals surface area (Å²) in [5.74, 6) is 1.07. The van der Waals surface area contributed by atoms with Crippen molar-refractivity contribution < 1.29 is 22.7 Å². The van der Waals surface area contributed by atoms with Crippen LogP contribution in [0.1, 0.15) is 6.42 Å². The summed E-state index contributed by atoms with van der Waals surface area (Å²) in [7, 11) is -3.68. The molecule has 142 valence electrons. The summed E-state index contributed by atoms with van der Waals surface area (Å²) in [5.41, 5.74) is 0.712. The molecule has 2 aromatic carbocycles. The molecule has 9 heteroatoms. The van der Waals surface area contributed by atoms with Gasteiger partial charge in [-0.1, -0.05) is 17.7 Å². The Morgan fingerprint density at radius 1 is 1.15 bits per heavy atom. The van der Waals surface area contributed by atoms with Gasteiger partial charge in [-0.2, -0.15) is 0 Å². The number of amides is 1. The van der Waals surface area contributed by atoms with Gasteiger partial charge in [0.15, 0.2) is 11.5 Å². The van der Waals surface area contributed by atoms with Crippen molar-refractivity contribution in [2.45, 2.75) is 11.3 Å². The van der Waals surface area contributed by atoms with Gasteiger partial charge in [0.2, 0.25) is 22.7 Å². The second-order valence-electron chi connectivity index (χ2n) is 6.42. The number of rotatable bonds is 5. The van der Waals surface area contributed by atoms with E-state index in [4.69, 9.17) is 21.1 Å². The highest BCUT2D eigenvalue weighted by Gasteiger charge is 2.32. The second kappa shape index (κ2) is 7.03. The number of ether oxygens (including phenoxy) is 2. The lowest BCUT2D eigenvalue weighted by Crippen LogP contribution is -2.31. The van der Waals surface area contributed by atoms with Gasteiger partial charge in [-0.25, -0.2) is 13.1 Å². The number of hydrogen-bond donors (Lipinski definition) is 1. The van der Waals surface area contributed by atoms with Crippen molar-refractivity contribution in [1.29, 1.82) is 0 Å². The zero-order valence-electron chi connectivity index (χ0n) is 14.2. The number of carbonyl (C=O) groups excluding carboxylic acids is 1. The lowest BCUT2D eigenvalue weighted by Gasteiger charge is -2.17. The Balaban J connectivity index is 1.42. The SMILES string of the molecule is O=C1C[C@H](CNS(=O)(=O)c2cccc(Cl)c2)CN1c1ccc2c(c1)OCO2. The minimum absolute atomic E-state index is 0.0548. The van der Waals surface area contributed by atoms with Crippen LogP contribution in [0.5, 0.6) is 11.5 Å². The van der Waals surface area contributed by atoms with Crippen LogP contribution in [-0.2, 0) is 14.8 Å². The standard InChI is InChI=1S/C18H17ClN2O5S/c19-13-2-1-3-15(7-13)27(23,24)20-9-12-6-18(22)21(10-12)14-4-5-16-17(8-14)26-11-25-16/h1-5,7-8,12,20H,6,9-11H2/t12-/m1/s1. The molecule has 7 nitrogen and oxygen atoms in total. The number of nitrogens with one attached hydrogen (secondary N) is 1. The average molecular weight is 409 g/mol. The lowest BCUT2D eigenvalue weighted by atomic mass is 10.1. The fourth-order valence-corrected chi connectivity index (χ4v) is 4.58. The van der Waals surface area contributed by atoms with Crippen LogP contribution >= 0.6 is 11.6 Å². The quantitative estimate of drug-likeness (QED) is 0.821. The molecule has 1 amide bonds. The molecule has 4 rings (SSSR count). The van der Waals surface area contributed by atoms with Gasteiger partial charge in [-0.15, -0.1) is 0 Å². The Bertz CT molecular complexity index is 995. The molecular formula is C18H17ClN2O5S. The average Bonchev–Trinajstić information content (AvgIpc) is 3.25. The molecule has 0 bridgehead atoms. The number of anilines is 1. The normalized spacial score (nSPS) is 18.9. The van der Waals surface area contributed by atoms with Gasteiger partial charge in [-0.05, 0) is 36.2 Å². The number of benzene rings is 2. The van der Waals surface area contributed by atoms with Crippen LogP contribution < -0.4 is 19.1 Å². The summed E-state index contributed by atoms with van der Waals surface area (Å²) in [5, 5.41) is 0.350. The van der Waals surface area contributed by atoms with Gasteiger partial charge in [0.1, 0.15) is 0 Å². The van der Waals surface area contributed by atoms with E-state index in [1.807, 2.05) is 0 Å². The first-order valence-corrected chi connectivity index (χ1v) is 10.2. The van der Waals surface area contributed by atoms with Crippen LogP contribution in [0.4, 0.5) is 5.69 Å². The van der Waals surface area contributed by atoms with Crippen LogP contribution in [-0.4, -0.2) is 34.2 Å². The van der Waals surface area contributed by atoms with E-state index in [0.29, 0.717) is 28.8 Å². The molecule has 1 saturated heterocycles. The van der Waals surface area contributed by atoms with Crippen LogP contribution in [0.2, 0.25) is 5.02 Å². The third-order valence-corrected chi connectivity index (χ3v) is 6.20. The molecule has 0 saturated carbocycles.